The zero-order valence-corrected chi connectivity index (χ0v) is 41.4. The van der Waals surface area contributed by atoms with Gasteiger partial charge in [0.1, 0.15) is 32.8 Å². The molecule has 0 spiro atoms. The molecule has 8 rings (SSSR count). The molecule has 4 aromatic carbocycles. The summed E-state index contributed by atoms with van der Waals surface area (Å²) in [6, 6.07) is 10.7. The number of rotatable bonds is 14. The lowest BCUT2D eigenvalue weighted by Gasteiger charge is -2.25. The molecule has 0 unspecified atom stereocenters. The van der Waals surface area contributed by atoms with Crippen molar-refractivity contribution in [3.05, 3.63) is 80.8 Å². The number of anilines is 2. The Bertz CT molecular complexity index is 3160. The summed E-state index contributed by atoms with van der Waals surface area (Å²) in [5, 5.41) is 27.5. The number of ketones is 2. The molecule has 0 aromatic heterocycles. The molecular formula is C41H34Cl4F4N6O13S4. The minimum atomic E-state index is -4.18. The van der Waals surface area contributed by atoms with E-state index < -0.39 is 119 Å². The molecule has 0 atom stereocenters. The van der Waals surface area contributed by atoms with E-state index >= 15 is 0 Å². The lowest BCUT2D eigenvalue weighted by atomic mass is 10.1. The van der Waals surface area contributed by atoms with Gasteiger partial charge in [-0.05, 0) is 48.5 Å². The minimum Gasteiger partial charge on any atom is -0.507 e. The number of phenolic OH excluding ortho intramolecular Hbond substituents is 2. The fourth-order valence-corrected chi connectivity index (χ4v) is 12.3. The number of hydrazone groups is 2. The number of carbonyl (C=O) groups excluding carboxylic acids is 4. The summed E-state index contributed by atoms with van der Waals surface area (Å²) in [7, 11) is -9.32. The van der Waals surface area contributed by atoms with Crippen LogP contribution >= 0.6 is 58.2 Å². The van der Waals surface area contributed by atoms with Gasteiger partial charge in [0.05, 0.1) is 44.3 Å². The third kappa shape index (κ3) is 12.6. The molecule has 2 saturated heterocycles. The summed E-state index contributed by atoms with van der Waals surface area (Å²) in [6.45, 7) is 0. The van der Waals surface area contributed by atoms with E-state index in [4.69, 9.17) is 55.9 Å². The monoisotopic (exact) mass is 1160 g/mol. The summed E-state index contributed by atoms with van der Waals surface area (Å²) < 4.78 is 130. The summed E-state index contributed by atoms with van der Waals surface area (Å²) in [4.78, 5) is 46.7. The second kappa shape index (κ2) is 22.6. The summed E-state index contributed by atoms with van der Waals surface area (Å²) in [5.41, 5.74) is -2.34. The molecule has 0 aliphatic carbocycles. The summed E-state index contributed by atoms with van der Waals surface area (Å²) in [5.74, 6) is -3.83. The van der Waals surface area contributed by atoms with Crippen molar-refractivity contribution in [2.45, 2.75) is 55.0 Å². The maximum Gasteiger partial charge on any atom is 0.285 e. The van der Waals surface area contributed by atoms with Crippen molar-refractivity contribution in [2.24, 2.45) is 10.2 Å². The average molecular weight is 1160 g/mol. The quantitative estimate of drug-likeness (QED) is 0.0714. The molecule has 31 heteroatoms. The van der Waals surface area contributed by atoms with Crippen LogP contribution in [0.15, 0.2) is 80.7 Å². The van der Waals surface area contributed by atoms with Crippen molar-refractivity contribution in [1.29, 1.82) is 0 Å². The normalized spacial score (nSPS) is 18.4. The van der Waals surface area contributed by atoms with Gasteiger partial charge in [0, 0.05) is 58.0 Å². The van der Waals surface area contributed by atoms with Gasteiger partial charge in [-0.2, -0.15) is 32.0 Å². The summed E-state index contributed by atoms with van der Waals surface area (Å²) in [6.07, 6.45) is -7.98. The van der Waals surface area contributed by atoms with Crippen LogP contribution in [0.3, 0.4) is 0 Å². The number of thioether (sulfide) groups is 1. The first kappa shape index (κ1) is 56.2. The topological polar surface area (TPSA) is 268 Å². The first-order valence-electron chi connectivity index (χ1n) is 19.7. The van der Waals surface area contributed by atoms with Gasteiger partial charge in [0.25, 0.3) is 24.7 Å². The lowest BCUT2D eigenvalue weighted by molar-refractivity contribution is -0.126. The number of hydrogen-bond donors (Lipinski definition) is 4. The Morgan fingerprint density at radius 3 is 1.32 bits per heavy atom. The van der Waals surface area contributed by atoms with Gasteiger partial charge in [-0.25, -0.2) is 43.8 Å². The number of sulfonamides is 2. The highest BCUT2D eigenvalue weighted by Gasteiger charge is 2.36. The zero-order chi connectivity index (χ0) is 51.9. The molecule has 0 saturated carbocycles. The van der Waals surface area contributed by atoms with E-state index in [2.05, 4.69) is 19.6 Å². The van der Waals surface area contributed by atoms with Gasteiger partial charge in [-0.3, -0.25) is 23.4 Å². The van der Waals surface area contributed by atoms with Gasteiger partial charge >= 0.3 is 0 Å². The number of aromatic hydroxyl groups is 2. The van der Waals surface area contributed by atoms with Gasteiger partial charge in [0.2, 0.25) is 20.0 Å². The zero-order valence-electron chi connectivity index (χ0n) is 35.2. The van der Waals surface area contributed by atoms with Crippen LogP contribution in [-0.2, 0) is 50.0 Å². The van der Waals surface area contributed by atoms with Crippen molar-refractivity contribution in [1.82, 2.24) is 9.44 Å². The number of benzene rings is 4. The number of nitrogens with one attached hydrogen (secondary N) is 2. The van der Waals surface area contributed by atoms with E-state index in [-0.39, 0.29) is 79.4 Å². The molecule has 2 amide bonds. The molecule has 4 N–H and O–H groups in total. The highest BCUT2D eigenvalue weighted by Crippen LogP contribution is 2.43. The van der Waals surface area contributed by atoms with Crippen molar-refractivity contribution in [3.63, 3.8) is 0 Å². The van der Waals surface area contributed by atoms with Crippen molar-refractivity contribution < 1.29 is 77.5 Å². The minimum absolute atomic E-state index is 0. The molecule has 4 aliphatic rings. The first-order valence-corrected chi connectivity index (χ1v) is 26.9. The third-order valence-corrected chi connectivity index (χ3v) is 16.9. The van der Waals surface area contributed by atoms with E-state index in [1.807, 2.05) is 0 Å². The van der Waals surface area contributed by atoms with Crippen LogP contribution in [0.5, 0.6) is 34.5 Å². The number of alkyl halides is 4. The number of phenols is 2. The molecule has 0 bridgehead atoms. The predicted molar refractivity (Wildman–Crippen MR) is 261 cm³/mol. The fraction of sp³-hybridized carbons (Fsp3) is 0.268. The predicted octanol–water partition coefficient (Wildman–Crippen LogP) is 7.28. The number of halogens is 8. The Morgan fingerprint density at radius 1 is 0.639 bits per heavy atom. The molecule has 386 valence electrons. The van der Waals surface area contributed by atoms with E-state index in [1.165, 1.54) is 12.1 Å². The van der Waals surface area contributed by atoms with Crippen LogP contribution in [0, 0.1) is 0 Å². The molecule has 0 radical (unpaired) electrons. The number of nitrogens with zero attached hydrogens (tertiary/aromatic N) is 4. The van der Waals surface area contributed by atoms with Crippen LogP contribution in [0.1, 0.15) is 20.3 Å². The standard InChI is InChI=1S/C20H15Cl2F2N3O7S2.C20H15Cl2F2N3O6S2.CH4/c21-12-3-10(27-17(30)6-15(29)18(25-27)20(23)24)4-13(22)19(12)34-11-1-2-14(28)16(5-11)36(32,33)26-9-7-35(31)8-9;21-12-3-10(27-17(30)6-15(29)18(25-27)20(23)24)4-13(22)19(12)33-11-1-2-14(28)16(5-11)35(31,32)26-9-7-34-8-9;/h1-5,9,20,26,28H,6-8H2;1-5,9,20,26,28H,6-8H2;1H4. The number of ether oxygens (including phenoxy) is 2. The van der Waals surface area contributed by atoms with Crippen molar-refractivity contribution >= 4 is 135 Å². The second-order valence-corrected chi connectivity index (χ2v) is 22.7. The SMILES string of the molecule is C.O=C1CC(=O)N(c2cc(Cl)c(Oc3ccc(O)c(S(=O)(=O)NC4CS(=O)C4)c3)c(Cl)c2)N=C1C(F)F.O=C1CC(=O)N(c2cc(Cl)c(Oc3ccc(O)c(S(=O)(=O)NC4CSC4)c3)c(Cl)c2)N=C1C(F)F. The molecule has 19 nitrogen and oxygen atoms in total. The van der Waals surface area contributed by atoms with Gasteiger partial charge in [-0.1, -0.05) is 53.8 Å². The van der Waals surface area contributed by atoms with Crippen molar-refractivity contribution in [3.8, 4) is 34.5 Å². The Kier molecular flexibility index (Phi) is 17.6. The van der Waals surface area contributed by atoms with Crippen LogP contribution in [0.25, 0.3) is 0 Å². The highest BCUT2D eigenvalue weighted by atomic mass is 35.5. The maximum atomic E-state index is 13.1. The number of Topliss-reactive ketones (excluding diaryl/α,β-unsaturated/α-hetero) is 2. The Hall–Kier alpha value is -5.10. The molecule has 72 heavy (non-hydrogen) atoms. The smallest absolute Gasteiger partial charge is 0.285 e. The Balaban J connectivity index is 0.000000232. The highest BCUT2D eigenvalue weighted by molar-refractivity contribution is 8.01. The summed E-state index contributed by atoms with van der Waals surface area (Å²) >= 11 is 26.5. The first-order chi connectivity index (χ1) is 33.3. The largest absolute Gasteiger partial charge is 0.507 e. The second-order valence-electron chi connectivity index (χ2n) is 15.1. The molecule has 4 aromatic rings. The Morgan fingerprint density at radius 2 is 1.00 bits per heavy atom. The molecule has 4 heterocycles. The van der Waals surface area contributed by atoms with Crippen LogP contribution < -0.4 is 28.9 Å². The molecule has 4 aliphatic heterocycles. The Labute approximate surface area is 433 Å². The van der Waals surface area contributed by atoms with Gasteiger partial charge < -0.3 is 19.7 Å². The van der Waals surface area contributed by atoms with Crippen molar-refractivity contribution in [2.75, 3.05) is 33.0 Å². The average Bonchev–Trinajstić information content (AvgIpc) is 3.25. The van der Waals surface area contributed by atoms with Gasteiger partial charge in [0.15, 0.2) is 34.5 Å². The van der Waals surface area contributed by atoms with E-state index in [0.29, 0.717) is 21.5 Å². The van der Waals surface area contributed by atoms with Crippen LogP contribution in [0.4, 0.5) is 28.9 Å². The number of hydrogen-bond acceptors (Lipinski definition) is 16. The van der Waals surface area contributed by atoms with Gasteiger partial charge in [-0.15, -0.1) is 0 Å². The van der Waals surface area contributed by atoms with E-state index in [9.17, 15) is 68.0 Å². The lowest BCUT2D eigenvalue weighted by Crippen LogP contribution is -2.50. The molecular weight excluding hydrogens is 1130 g/mol. The third-order valence-electron chi connectivity index (χ3n) is 9.89. The fourth-order valence-electron chi connectivity index (χ4n) is 6.43. The van der Waals surface area contributed by atoms with E-state index in [1.54, 1.807) is 11.8 Å². The van der Waals surface area contributed by atoms with E-state index in [0.717, 1.165) is 48.5 Å². The number of amides is 2. The number of carbonyl (C=O) groups is 4. The maximum absolute atomic E-state index is 13.1. The molecule has 2 fully saturated rings. The van der Waals surface area contributed by atoms with Crippen LogP contribution in [0.2, 0.25) is 20.1 Å². The van der Waals surface area contributed by atoms with Crippen LogP contribution in [-0.4, -0.2) is 114 Å².